The van der Waals surface area contributed by atoms with Crippen LogP contribution in [-0.4, -0.2) is 63.1 Å². The van der Waals surface area contributed by atoms with Crippen molar-refractivity contribution in [1.29, 1.82) is 0 Å². The van der Waals surface area contributed by atoms with Gasteiger partial charge in [-0.05, 0) is 19.4 Å². The van der Waals surface area contributed by atoms with Crippen LogP contribution in [0.2, 0.25) is 0 Å². The Morgan fingerprint density at radius 1 is 1.15 bits per heavy atom. The first-order valence-electron chi connectivity index (χ1n) is 11.0. The molecule has 176 valence electrons. The van der Waals surface area contributed by atoms with Gasteiger partial charge in [0.05, 0.1) is 44.2 Å². The van der Waals surface area contributed by atoms with Crippen LogP contribution in [0.5, 0.6) is 11.5 Å². The molecule has 5 rings (SSSR count). The van der Waals surface area contributed by atoms with E-state index in [-0.39, 0.29) is 17.5 Å². The molecule has 11 heteroatoms. The van der Waals surface area contributed by atoms with Gasteiger partial charge in [0.2, 0.25) is 5.95 Å². The fourth-order valence-corrected chi connectivity index (χ4v) is 4.07. The van der Waals surface area contributed by atoms with Crippen molar-refractivity contribution in [3.8, 4) is 22.8 Å². The number of fused-ring (bicyclic) bond motifs is 1. The second-order valence-electron chi connectivity index (χ2n) is 8.10. The van der Waals surface area contributed by atoms with Crippen LogP contribution in [0, 0.1) is 5.82 Å². The number of nitrogens with one attached hydrogen (secondary N) is 1. The summed E-state index contributed by atoms with van der Waals surface area (Å²) in [5.41, 5.74) is 2.68. The van der Waals surface area contributed by atoms with Gasteiger partial charge in [-0.2, -0.15) is 10.1 Å². The minimum absolute atomic E-state index is 0.0816. The molecular formula is C23H25FN8O2. The molecule has 34 heavy (non-hydrogen) atoms. The van der Waals surface area contributed by atoms with Crippen molar-refractivity contribution in [3.05, 3.63) is 42.7 Å². The lowest BCUT2D eigenvalue weighted by atomic mass is 10.2. The number of aryl methyl sites for hydroxylation is 1. The number of hydrogen-bond acceptors (Lipinski definition) is 9. The van der Waals surface area contributed by atoms with E-state index in [0.717, 1.165) is 24.9 Å². The lowest BCUT2D eigenvalue weighted by Gasteiger charge is -2.27. The third kappa shape index (κ3) is 4.21. The molecule has 1 fully saturated rings. The molecule has 0 spiro atoms. The van der Waals surface area contributed by atoms with E-state index in [1.165, 1.54) is 20.3 Å². The van der Waals surface area contributed by atoms with Crippen LogP contribution in [0.1, 0.15) is 12.8 Å². The smallest absolute Gasteiger partial charge is 0.232 e. The molecule has 0 bridgehead atoms. The third-order valence-electron chi connectivity index (χ3n) is 5.84. The van der Waals surface area contributed by atoms with E-state index in [1.54, 1.807) is 34.2 Å². The molecule has 1 saturated heterocycles. The second-order valence-corrected chi connectivity index (χ2v) is 8.10. The van der Waals surface area contributed by atoms with Crippen LogP contribution in [-0.2, 0) is 7.05 Å². The van der Waals surface area contributed by atoms with E-state index in [9.17, 15) is 0 Å². The Labute approximate surface area is 195 Å². The van der Waals surface area contributed by atoms with Crippen LogP contribution in [0.3, 0.4) is 0 Å². The molecule has 1 aromatic carbocycles. The fraction of sp³-hybridized carbons (Fsp3) is 0.348. The monoisotopic (exact) mass is 464 g/mol. The zero-order valence-corrected chi connectivity index (χ0v) is 19.2. The molecule has 0 radical (unpaired) electrons. The van der Waals surface area contributed by atoms with Crippen LogP contribution < -0.4 is 19.7 Å². The minimum Gasteiger partial charge on any atom is -0.497 e. The maximum Gasteiger partial charge on any atom is 0.232 e. The van der Waals surface area contributed by atoms with Crippen LogP contribution in [0.15, 0.2) is 36.9 Å². The van der Waals surface area contributed by atoms with Gasteiger partial charge < -0.3 is 19.7 Å². The predicted molar refractivity (Wildman–Crippen MR) is 125 cm³/mol. The molecule has 1 atom stereocenters. The summed E-state index contributed by atoms with van der Waals surface area (Å²) in [5.74, 6) is 0.350. The summed E-state index contributed by atoms with van der Waals surface area (Å²) in [6.07, 6.45) is 8.86. The Morgan fingerprint density at radius 2 is 2.03 bits per heavy atom. The van der Waals surface area contributed by atoms with Crippen molar-refractivity contribution < 1.29 is 13.9 Å². The lowest BCUT2D eigenvalue weighted by molar-refractivity contribution is 0.374. The van der Waals surface area contributed by atoms with Gasteiger partial charge in [0.1, 0.15) is 11.3 Å². The van der Waals surface area contributed by atoms with Gasteiger partial charge in [-0.1, -0.05) is 0 Å². The van der Waals surface area contributed by atoms with Crippen LogP contribution in [0.25, 0.3) is 22.4 Å². The summed E-state index contributed by atoms with van der Waals surface area (Å²) in [5, 5.41) is 7.65. The molecule has 1 N–H and O–H groups in total. The van der Waals surface area contributed by atoms with Gasteiger partial charge in [-0.15, -0.1) is 0 Å². The fourth-order valence-electron chi connectivity index (χ4n) is 4.07. The van der Waals surface area contributed by atoms with Crippen molar-refractivity contribution in [2.75, 3.05) is 32.2 Å². The highest BCUT2D eigenvalue weighted by molar-refractivity contribution is 5.75. The van der Waals surface area contributed by atoms with E-state index in [0.29, 0.717) is 35.1 Å². The summed E-state index contributed by atoms with van der Waals surface area (Å²) >= 11 is 0. The van der Waals surface area contributed by atoms with Crippen LogP contribution >= 0.6 is 0 Å². The largest absolute Gasteiger partial charge is 0.497 e. The number of aromatic nitrogens is 6. The SMILES string of the molecule is COc1cc(OC)c(F)c(N(C[C@H]2CCCN2)c2ncc3ncc(-c4cnn(C)c4)nc3n2)c1. The molecule has 0 aliphatic carbocycles. The number of anilines is 2. The standard InChI is InChI=1S/C23H25FN8O2/c1-31-12-14(9-28-31)17-10-26-18-11-27-23(30-22(18)29-17)32(13-15-5-4-6-25-15)19-7-16(33-2)8-20(34-3)21(19)24/h7-12,15,25H,4-6,13H2,1-3H3/t15-/m1/s1. The maximum absolute atomic E-state index is 15.5. The first kappa shape index (κ1) is 22.0. The first-order chi connectivity index (χ1) is 16.6. The summed E-state index contributed by atoms with van der Waals surface area (Å²) in [6.45, 7) is 1.38. The molecular weight excluding hydrogens is 439 g/mol. The molecule has 0 saturated carbocycles. The van der Waals surface area contributed by atoms with Gasteiger partial charge in [0.25, 0.3) is 0 Å². The average molecular weight is 465 g/mol. The number of halogens is 1. The van der Waals surface area contributed by atoms with Gasteiger partial charge in [-0.25, -0.2) is 19.3 Å². The number of hydrogen-bond donors (Lipinski definition) is 1. The Balaban J connectivity index is 1.61. The first-order valence-corrected chi connectivity index (χ1v) is 11.0. The molecule has 10 nitrogen and oxygen atoms in total. The number of ether oxygens (including phenoxy) is 2. The van der Waals surface area contributed by atoms with E-state index in [4.69, 9.17) is 9.47 Å². The van der Waals surface area contributed by atoms with E-state index in [2.05, 4.69) is 30.4 Å². The molecule has 4 heterocycles. The lowest BCUT2D eigenvalue weighted by Crippen LogP contribution is -2.36. The minimum atomic E-state index is -0.514. The number of nitrogens with zero attached hydrogens (tertiary/aromatic N) is 7. The third-order valence-corrected chi connectivity index (χ3v) is 5.84. The summed E-state index contributed by atoms with van der Waals surface area (Å²) in [7, 11) is 4.79. The normalized spacial score (nSPS) is 15.6. The van der Waals surface area contributed by atoms with Crippen molar-refractivity contribution in [1.82, 2.24) is 35.0 Å². The highest BCUT2D eigenvalue weighted by Crippen LogP contribution is 2.36. The number of rotatable bonds is 7. The highest BCUT2D eigenvalue weighted by atomic mass is 19.1. The highest BCUT2D eigenvalue weighted by Gasteiger charge is 2.26. The number of benzene rings is 1. The van der Waals surface area contributed by atoms with Crippen LogP contribution in [0.4, 0.5) is 16.0 Å². The molecule has 0 unspecified atom stereocenters. The maximum atomic E-state index is 15.5. The van der Waals surface area contributed by atoms with Gasteiger partial charge >= 0.3 is 0 Å². The van der Waals surface area contributed by atoms with E-state index < -0.39 is 5.82 Å². The summed E-state index contributed by atoms with van der Waals surface area (Å²) in [4.78, 5) is 20.0. The molecule has 1 aliphatic heterocycles. The topological polar surface area (TPSA) is 103 Å². The zero-order valence-electron chi connectivity index (χ0n) is 19.2. The Bertz CT molecular complexity index is 1320. The van der Waals surface area contributed by atoms with Crippen molar-refractivity contribution in [2.24, 2.45) is 7.05 Å². The predicted octanol–water partition coefficient (Wildman–Crippen LogP) is 2.87. The Hall–Kier alpha value is -3.86. The summed E-state index contributed by atoms with van der Waals surface area (Å²) in [6, 6.07) is 3.29. The van der Waals surface area contributed by atoms with Crippen molar-refractivity contribution >= 4 is 22.8 Å². The van der Waals surface area contributed by atoms with Gasteiger partial charge in [0, 0.05) is 43.5 Å². The zero-order chi connectivity index (χ0) is 23.7. The molecule has 3 aromatic heterocycles. The quantitative estimate of drug-likeness (QED) is 0.442. The van der Waals surface area contributed by atoms with Crippen molar-refractivity contribution in [2.45, 2.75) is 18.9 Å². The van der Waals surface area contributed by atoms with Gasteiger partial charge in [-0.3, -0.25) is 4.68 Å². The van der Waals surface area contributed by atoms with E-state index in [1.807, 2.05) is 13.2 Å². The van der Waals surface area contributed by atoms with Crippen molar-refractivity contribution in [3.63, 3.8) is 0 Å². The van der Waals surface area contributed by atoms with E-state index >= 15 is 4.39 Å². The average Bonchev–Trinajstić information content (AvgIpc) is 3.54. The molecule has 1 aliphatic rings. The molecule has 0 amide bonds. The molecule has 4 aromatic rings. The number of methoxy groups -OCH3 is 2. The Kier molecular flexibility index (Phi) is 5.93. The Morgan fingerprint density at radius 3 is 2.74 bits per heavy atom. The summed E-state index contributed by atoms with van der Waals surface area (Å²) < 4.78 is 27.8. The van der Waals surface area contributed by atoms with Gasteiger partial charge in [0.15, 0.2) is 17.2 Å². The second kappa shape index (κ2) is 9.18.